The molecule has 0 aromatic heterocycles. The van der Waals surface area contributed by atoms with Crippen LogP contribution in [0.3, 0.4) is 0 Å². The Balaban J connectivity index is 1.33. The number of rotatable bonds is 5. The van der Waals surface area contributed by atoms with Crippen molar-refractivity contribution in [2.45, 2.75) is 25.7 Å². The normalized spacial score (nSPS) is 18.4. The lowest BCUT2D eigenvalue weighted by Crippen LogP contribution is -2.41. The monoisotopic (exact) mass is 385 g/mol. The van der Waals surface area contributed by atoms with Crippen LogP contribution in [-0.2, 0) is 16.1 Å². The Bertz CT molecular complexity index is 796. The van der Waals surface area contributed by atoms with Crippen molar-refractivity contribution in [2.75, 3.05) is 26.3 Å². The first-order chi connectivity index (χ1) is 13.7. The summed E-state index contributed by atoms with van der Waals surface area (Å²) in [5, 5.41) is 0. The second-order valence-corrected chi connectivity index (χ2v) is 7.18. The van der Waals surface area contributed by atoms with Crippen molar-refractivity contribution in [2.24, 2.45) is 5.92 Å². The lowest BCUT2D eigenvalue weighted by atomic mass is 9.95. The highest BCUT2D eigenvalue weighted by Crippen LogP contribution is 2.27. The highest BCUT2D eigenvalue weighted by Gasteiger charge is 2.32. The molecule has 0 saturated carbocycles. The van der Waals surface area contributed by atoms with E-state index in [4.69, 9.17) is 14.2 Å². The van der Waals surface area contributed by atoms with E-state index in [1.807, 2.05) is 23.1 Å². The highest BCUT2D eigenvalue weighted by atomic mass is 19.1. The molecule has 5 nitrogen and oxygen atoms in total. The Morgan fingerprint density at radius 3 is 2.50 bits per heavy atom. The van der Waals surface area contributed by atoms with Gasteiger partial charge in [-0.15, -0.1) is 0 Å². The lowest BCUT2D eigenvalue weighted by molar-refractivity contribution is -0.0956. The summed E-state index contributed by atoms with van der Waals surface area (Å²) in [6.45, 7) is 3.05. The van der Waals surface area contributed by atoms with Crippen LogP contribution in [0.4, 0.5) is 4.39 Å². The molecule has 28 heavy (non-hydrogen) atoms. The largest absolute Gasteiger partial charge is 0.489 e. The number of likely N-dealkylation sites (tertiary alicyclic amines) is 1. The maximum atomic E-state index is 13.0. The van der Waals surface area contributed by atoms with Crippen molar-refractivity contribution in [1.29, 1.82) is 0 Å². The summed E-state index contributed by atoms with van der Waals surface area (Å²) in [4.78, 5) is 14.7. The molecule has 4 rings (SSSR count). The van der Waals surface area contributed by atoms with Crippen molar-refractivity contribution in [3.05, 3.63) is 65.5 Å². The SMILES string of the molecule is O=C(c1cccc(OCc2ccc(F)cc2)c1)N1CCC(C2OCCO2)CC1. The summed E-state index contributed by atoms with van der Waals surface area (Å²) in [6, 6.07) is 13.4. The molecule has 6 heteroatoms. The first-order valence-electron chi connectivity index (χ1n) is 9.69. The van der Waals surface area contributed by atoms with Crippen LogP contribution < -0.4 is 4.74 Å². The zero-order chi connectivity index (χ0) is 19.3. The van der Waals surface area contributed by atoms with E-state index >= 15 is 0 Å². The van der Waals surface area contributed by atoms with Crippen molar-refractivity contribution in [3.63, 3.8) is 0 Å². The number of carbonyl (C=O) groups excluding carboxylic acids is 1. The van der Waals surface area contributed by atoms with Crippen LogP contribution in [-0.4, -0.2) is 43.4 Å². The Labute approximate surface area is 164 Å². The Morgan fingerprint density at radius 2 is 1.79 bits per heavy atom. The van der Waals surface area contributed by atoms with Crippen molar-refractivity contribution < 1.29 is 23.4 Å². The zero-order valence-corrected chi connectivity index (χ0v) is 15.7. The van der Waals surface area contributed by atoms with E-state index in [0.717, 1.165) is 18.4 Å². The Hall–Kier alpha value is -2.44. The quantitative estimate of drug-likeness (QED) is 0.789. The second-order valence-electron chi connectivity index (χ2n) is 7.18. The molecule has 0 bridgehead atoms. The van der Waals surface area contributed by atoms with Gasteiger partial charge in [-0.05, 0) is 48.7 Å². The zero-order valence-electron chi connectivity index (χ0n) is 15.7. The van der Waals surface area contributed by atoms with Gasteiger partial charge < -0.3 is 19.1 Å². The molecule has 0 aliphatic carbocycles. The molecule has 2 fully saturated rings. The smallest absolute Gasteiger partial charge is 0.253 e. The van der Waals surface area contributed by atoms with Gasteiger partial charge in [0.2, 0.25) is 0 Å². The minimum absolute atomic E-state index is 0.0129. The molecule has 0 radical (unpaired) electrons. The number of amides is 1. The van der Waals surface area contributed by atoms with Gasteiger partial charge in [0.1, 0.15) is 18.2 Å². The van der Waals surface area contributed by atoms with Gasteiger partial charge >= 0.3 is 0 Å². The van der Waals surface area contributed by atoms with Crippen LogP contribution in [0.25, 0.3) is 0 Å². The van der Waals surface area contributed by atoms with E-state index in [0.29, 0.717) is 50.1 Å². The van der Waals surface area contributed by atoms with E-state index < -0.39 is 0 Å². The number of benzene rings is 2. The summed E-state index contributed by atoms with van der Waals surface area (Å²) >= 11 is 0. The van der Waals surface area contributed by atoms with Gasteiger partial charge in [0.05, 0.1) is 13.2 Å². The number of piperidine rings is 1. The predicted molar refractivity (Wildman–Crippen MR) is 101 cm³/mol. The minimum Gasteiger partial charge on any atom is -0.489 e. The lowest BCUT2D eigenvalue weighted by Gasteiger charge is -2.34. The summed E-state index contributed by atoms with van der Waals surface area (Å²) in [5.41, 5.74) is 1.49. The average Bonchev–Trinajstić information content (AvgIpc) is 3.28. The van der Waals surface area contributed by atoms with E-state index in [9.17, 15) is 9.18 Å². The Kier molecular flexibility index (Phi) is 5.88. The fourth-order valence-electron chi connectivity index (χ4n) is 3.67. The highest BCUT2D eigenvalue weighted by molar-refractivity contribution is 5.94. The summed E-state index contributed by atoms with van der Waals surface area (Å²) in [7, 11) is 0. The van der Waals surface area contributed by atoms with Gasteiger partial charge in [-0.1, -0.05) is 18.2 Å². The molecule has 2 aliphatic heterocycles. The van der Waals surface area contributed by atoms with E-state index in [-0.39, 0.29) is 18.0 Å². The Morgan fingerprint density at radius 1 is 1.07 bits per heavy atom. The van der Waals surface area contributed by atoms with Crippen molar-refractivity contribution in [3.8, 4) is 5.75 Å². The number of ether oxygens (including phenoxy) is 3. The molecule has 0 atom stereocenters. The van der Waals surface area contributed by atoms with Crippen molar-refractivity contribution in [1.82, 2.24) is 4.90 Å². The van der Waals surface area contributed by atoms with Gasteiger partial charge in [0.15, 0.2) is 6.29 Å². The van der Waals surface area contributed by atoms with E-state index in [2.05, 4.69) is 0 Å². The van der Waals surface area contributed by atoms with Crippen molar-refractivity contribution >= 4 is 5.91 Å². The third-order valence-electron chi connectivity index (χ3n) is 5.26. The molecule has 2 aromatic carbocycles. The van der Waals surface area contributed by atoms with E-state index in [1.165, 1.54) is 12.1 Å². The predicted octanol–water partition coefficient (Wildman–Crippen LogP) is 3.63. The van der Waals surface area contributed by atoms with Gasteiger partial charge in [-0.2, -0.15) is 0 Å². The van der Waals surface area contributed by atoms with E-state index in [1.54, 1.807) is 18.2 Å². The van der Waals surface area contributed by atoms with Gasteiger partial charge in [-0.25, -0.2) is 4.39 Å². The molecule has 2 aromatic rings. The molecule has 2 saturated heterocycles. The van der Waals surface area contributed by atoms with Crippen LogP contribution >= 0.6 is 0 Å². The van der Waals surface area contributed by atoms with Crippen LogP contribution in [0.1, 0.15) is 28.8 Å². The molecule has 148 valence electrons. The standard InChI is InChI=1S/C22H24FNO4/c23-19-6-4-16(5-7-19)15-28-20-3-1-2-18(14-20)21(25)24-10-8-17(9-11-24)22-26-12-13-27-22/h1-7,14,17,22H,8-13,15H2. The van der Waals surface area contributed by atoms with Gasteiger partial charge in [-0.3, -0.25) is 4.79 Å². The maximum Gasteiger partial charge on any atom is 0.253 e. The second kappa shape index (κ2) is 8.71. The number of hydrogen-bond donors (Lipinski definition) is 0. The molecule has 1 amide bonds. The third kappa shape index (κ3) is 4.51. The fourth-order valence-corrected chi connectivity index (χ4v) is 3.67. The maximum absolute atomic E-state index is 13.0. The number of carbonyl (C=O) groups is 1. The average molecular weight is 385 g/mol. The topological polar surface area (TPSA) is 48.0 Å². The first-order valence-corrected chi connectivity index (χ1v) is 9.69. The molecule has 0 spiro atoms. The van der Waals surface area contributed by atoms with Crippen LogP contribution in [0.2, 0.25) is 0 Å². The minimum atomic E-state index is -0.272. The number of hydrogen-bond acceptors (Lipinski definition) is 4. The van der Waals surface area contributed by atoms with Gasteiger partial charge in [0.25, 0.3) is 5.91 Å². The molecule has 2 aliphatic rings. The number of nitrogens with zero attached hydrogens (tertiary/aromatic N) is 1. The molecular formula is C22H24FNO4. The molecular weight excluding hydrogens is 361 g/mol. The summed E-state index contributed by atoms with van der Waals surface area (Å²) in [6.07, 6.45) is 1.66. The summed E-state index contributed by atoms with van der Waals surface area (Å²) in [5.74, 6) is 0.722. The van der Waals surface area contributed by atoms with Gasteiger partial charge in [0, 0.05) is 24.6 Å². The first kappa shape index (κ1) is 18.9. The van der Waals surface area contributed by atoms with Crippen LogP contribution in [0.15, 0.2) is 48.5 Å². The fraction of sp³-hybridized carbons (Fsp3) is 0.409. The molecule has 0 N–H and O–H groups in total. The molecule has 0 unspecified atom stereocenters. The molecule has 2 heterocycles. The number of halogens is 1. The summed E-state index contributed by atoms with van der Waals surface area (Å²) < 4.78 is 29.9. The third-order valence-corrected chi connectivity index (χ3v) is 5.26. The van der Waals surface area contributed by atoms with Crippen LogP contribution in [0, 0.1) is 11.7 Å². The van der Waals surface area contributed by atoms with Crippen LogP contribution in [0.5, 0.6) is 5.75 Å².